The van der Waals surface area contributed by atoms with E-state index in [1.54, 1.807) is 12.1 Å². The number of carbonyl (C=O) groups excluding carboxylic acids is 2. The first-order chi connectivity index (χ1) is 23.8. The van der Waals surface area contributed by atoms with E-state index in [-0.39, 0.29) is 23.3 Å². The molecular formula is C31H40N8O10S2. The number of nitrogens with zero attached hydrogens (tertiary/aromatic N) is 3. The fourth-order valence-corrected chi connectivity index (χ4v) is 8.37. The van der Waals surface area contributed by atoms with Crippen LogP contribution in [0.5, 0.6) is 5.75 Å². The van der Waals surface area contributed by atoms with Crippen LogP contribution in [0, 0.1) is 16.7 Å². The van der Waals surface area contributed by atoms with Crippen molar-refractivity contribution in [1.29, 1.82) is 5.41 Å². The molecule has 2 unspecified atom stereocenters. The lowest BCUT2D eigenvalue weighted by molar-refractivity contribution is -0.218. The standard InChI is InChI=1S/C31H40N8O10S2/c1-29(2)23(26(41)39(29)49-51(44,45)46)37-25(40)22(19-14-50-28(34)36-19)38-48-30(3,27(42)43)21-7-5-16-8-17(4-6-20(16)47-21)24(33)35-18-11-31(12-18)9-15(10-31)13-32/h4,6,8,14-15,18,21,23H,5,7,9-13,32H2,1-3H3,(H2,33,35)(H2,34,36)(H,37,40)(H,42,43)(H,44,45,46)/t15?,18?,21-,23?,30?,31?/m1/s1. The molecule has 276 valence electrons. The monoisotopic (exact) mass is 748 g/mol. The van der Waals surface area contributed by atoms with Crippen LogP contribution in [0.1, 0.15) is 69.7 Å². The van der Waals surface area contributed by atoms with Crippen molar-refractivity contribution in [3.05, 3.63) is 40.4 Å². The molecule has 3 atom stereocenters. The van der Waals surface area contributed by atoms with Crippen molar-refractivity contribution in [2.24, 2.45) is 22.2 Å². The fraction of sp³-hybridized carbons (Fsp3) is 0.548. The molecule has 20 heteroatoms. The van der Waals surface area contributed by atoms with Crippen LogP contribution >= 0.6 is 11.3 Å². The van der Waals surface area contributed by atoms with Gasteiger partial charge in [-0.15, -0.1) is 15.6 Å². The molecule has 2 amide bonds. The maximum Gasteiger partial charge on any atom is 0.418 e. The first kappa shape index (κ1) is 36.4. The molecule has 3 fully saturated rings. The van der Waals surface area contributed by atoms with E-state index < -0.39 is 57.2 Å². The van der Waals surface area contributed by atoms with Gasteiger partial charge in [0.05, 0.1) is 5.54 Å². The van der Waals surface area contributed by atoms with Crippen molar-refractivity contribution in [2.45, 2.75) is 88.6 Å². The summed E-state index contributed by atoms with van der Waals surface area (Å²) in [5, 5.41) is 30.4. The van der Waals surface area contributed by atoms with Crippen LogP contribution in [-0.2, 0) is 40.3 Å². The van der Waals surface area contributed by atoms with Crippen molar-refractivity contribution in [3.8, 4) is 5.75 Å². The number of aliphatic carboxylic acids is 1. The van der Waals surface area contributed by atoms with Crippen molar-refractivity contribution in [2.75, 3.05) is 12.3 Å². The van der Waals surface area contributed by atoms with E-state index >= 15 is 0 Å². The average Bonchev–Trinajstić information content (AvgIpc) is 3.47. The molecule has 0 radical (unpaired) electrons. The van der Waals surface area contributed by atoms with Gasteiger partial charge in [-0.05, 0) is 101 Å². The number of nitrogen functional groups attached to an aromatic ring is 1. The van der Waals surface area contributed by atoms with Crippen LogP contribution in [0.15, 0.2) is 28.7 Å². The zero-order valence-electron chi connectivity index (χ0n) is 28.0. The number of fused-ring (bicyclic) bond motifs is 1. The molecule has 9 N–H and O–H groups in total. The summed E-state index contributed by atoms with van der Waals surface area (Å²) in [4.78, 5) is 48.4. The number of nitrogens with two attached hydrogens (primary N) is 2. The molecule has 51 heavy (non-hydrogen) atoms. The van der Waals surface area contributed by atoms with Crippen LogP contribution in [0.2, 0.25) is 0 Å². The Morgan fingerprint density at radius 3 is 2.55 bits per heavy atom. The summed E-state index contributed by atoms with van der Waals surface area (Å²) in [7, 11) is -5.03. The van der Waals surface area contributed by atoms with E-state index in [0.717, 1.165) is 49.1 Å². The maximum atomic E-state index is 13.5. The Labute approximate surface area is 297 Å². The number of amidine groups is 1. The number of aromatic nitrogens is 1. The number of rotatable bonds is 12. The molecule has 1 aromatic carbocycles. The van der Waals surface area contributed by atoms with Gasteiger partial charge < -0.3 is 36.8 Å². The highest BCUT2D eigenvalue weighted by Crippen LogP contribution is 2.58. The normalized spacial score (nSPS) is 27.8. The summed E-state index contributed by atoms with van der Waals surface area (Å²) >= 11 is 0.967. The zero-order chi connectivity index (χ0) is 37.1. The van der Waals surface area contributed by atoms with Crippen LogP contribution < -0.4 is 26.8 Å². The number of oxime groups is 1. The Kier molecular flexibility index (Phi) is 9.28. The summed E-state index contributed by atoms with van der Waals surface area (Å²) in [6, 6.07) is 4.17. The van der Waals surface area contributed by atoms with Crippen molar-refractivity contribution >= 4 is 56.2 Å². The molecule has 2 aromatic rings. The van der Waals surface area contributed by atoms with Gasteiger partial charge in [-0.3, -0.25) is 19.6 Å². The Balaban J connectivity index is 1.14. The second-order valence-electron chi connectivity index (χ2n) is 14.3. The summed E-state index contributed by atoms with van der Waals surface area (Å²) in [6.07, 6.45) is 3.90. The Bertz CT molecular complexity index is 1900. The van der Waals surface area contributed by atoms with E-state index in [1.165, 1.54) is 26.2 Å². The smallest absolute Gasteiger partial charge is 0.418 e. The third-order valence-corrected chi connectivity index (χ3v) is 11.3. The highest BCUT2D eigenvalue weighted by Gasteiger charge is 2.58. The van der Waals surface area contributed by atoms with Gasteiger partial charge in [0.1, 0.15) is 23.3 Å². The molecule has 2 saturated carbocycles. The minimum Gasteiger partial charge on any atom is -0.485 e. The largest absolute Gasteiger partial charge is 0.485 e. The number of aryl methyl sites for hydroxylation is 1. The lowest BCUT2D eigenvalue weighted by Gasteiger charge is -2.58. The Morgan fingerprint density at radius 1 is 1.25 bits per heavy atom. The van der Waals surface area contributed by atoms with Crippen LogP contribution in [0.25, 0.3) is 0 Å². The lowest BCUT2D eigenvalue weighted by Crippen LogP contribution is -2.76. The number of carbonyl (C=O) groups is 3. The van der Waals surface area contributed by atoms with E-state index in [9.17, 15) is 27.9 Å². The van der Waals surface area contributed by atoms with E-state index in [4.69, 9.17) is 31.0 Å². The van der Waals surface area contributed by atoms with Crippen LogP contribution in [-0.4, -0.2) is 93.3 Å². The number of amides is 2. The first-order valence-corrected chi connectivity index (χ1v) is 18.5. The molecule has 1 spiro atoms. The zero-order valence-corrected chi connectivity index (χ0v) is 29.7. The first-order valence-electron chi connectivity index (χ1n) is 16.2. The number of hydrogen-bond acceptors (Lipinski definition) is 14. The number of anilines is 1. The molecule has 1 saturated heterocycles. The van der Waals surface area contributed by atoms with E-state index in [0.29, 0.717) is 40.0 Å². The van der Waals surface area contributed by atoms with Gasteiger partial charge in [-0.25, -0.2) is 9.78 Å². The summed E-state index contributed by atoms with van der Waals surface area (Å²) in [5.41, 5.74) is 9.25. The number of ether oxygens (including phenoxy) is 1. The third-order valence-electron chi connectivity index (χ3n) is 10.2. The molecule has 2 aliphatic heterocycles. The number of β-lactam (4-membered cyclic amide) rings is 1. The molecule has 6 rings (SSSR count). The van der Waals surface area contributed by atoms with Crippen LogP contribution in [0.3, 0.4) is 0 Å². The molecule has 3 heterocycles. The van der Waals surface area contributed by atoms with Gasteiger partial charge in [0.15, 0.2) is 16.9 Å². The molecule has 2 aliphatic carbocycles. The number of hydrogen-bond donors (Lipinski definition) is 7. The SMILES string of the molecule is CC(ON=C(C(=O)NC1C(=O)N(OS(=O)(=O)O)C1(C)C)c1csc(N)n1)(C(=O)O)[C@H]1CCc2cc(C(=N)NC3CC4(CC(CN)C4)C3)ccc2O1. The predicted octanol–water partition coefficient (Wildman–Crippen LogP) is 0.956. The number of carboxylic acids is 1. The highest BCUT2D eigenvalue weighted by molar-refractivity contribution is 7.80. The van der Waals surface area contributed by atoms with Gasteiger partial charge in [-0.2, -0.15) is 13.5 Å². The third kappa shape index (κ3) is 6.97. The minimum atomic E-state index is -5.03. The lowest BCUT2D eigenvalue weighted by atomic mass is 9.50. The van der Waals surface area contributed by atoms with Gasteiger partial charge >= 0.3 is 16.4 Å². The van der Waals surface area contributed by atoms with Crippen molar-refractivity contribution in [3.63, 3.8) is 0 Å². The number of hydroxylamine groups is 2. The topological polar surface area (TPSA) is 282 Å². The number of benzene rings is 1. The number of nitrogens with one attached hydrogen (secondary N) is 3. The highest BCUT2D eigenvalue weighted by atomic mass is 32.3. The summed E-state index contributed by atoms with van der Waals surface area (Å²) < 4.78 is 41.8. The molecular weight excluding hydrogens is 709 g/mol. The molecule has 0 bridgehead atoms. The second-order valence-corrected chi connectivity index (χ2v) is 16.2. The summed E-state index contributed by atoms with van der Waals surface area (Å²) in [6.45, 7) is 4.72. The van der Waals surface area contributed by atoms with Gasteiger partial charge in [0.2, 0.25) is 0 Å². The minimum absolute atomic E-state index is 0.0600. The Morgan fingerprint density at radius 2 is 1.96 bits per heavy atom. The Hall–Kier alpha value is -4.37. The van der Waals surface area contributed by atoms with Crippen molar-refractivity contribution < 1.29 is 46.3 Å². The summed E-state index contributed by atoms with van der Waals surface area (Å²) in [5.74, 6) is -2.11. The van der Waals surface area contributed by atoms with Crippen LogP contribution in [0.4, 0.5) is 5.13 Å². The maximum absolute atomic E-state index is 13.5. The van der Waals surface area contributed by atoms with Gasteiger partial charge in [0, 0.05) is 17.0 Å². The molecule has 1 aromatic heterocycles. The van der Waals surface area contributed by atoms with Gasteiger partial charge in [-0.1, -0.05) is 5.16 Å². The average molecular weight is 749 g/mol. The predicted molar refractivity (Wildman–Crippen MR) is 182 cm³/mol. The van der Waals surface area contributed by atoms with E-state index in [1.807, 2.05) is 6.07 Å². The number of carboxylic acid groups (broad SMARTS) is 1. The molecule has 18 nitrogen and oxygen atoms in total. The fourth-order valence-electron chi connectivity index (χ4n) is 7.37. The van der Waals surface area contributed by atoms with Crippen molar-refractivity contribution in [1.82, 2.24) is 20.7 Å². The second kappa shape index (κ2) is 13.0. The number of thiazole rings is 1. The quantitative estimate of drug-likeness (QED) is 0.0524. The van der Waals surface area contributed by atoms with Gasteiger partial charge in [0.25, 0.3) is 17.4 Å². The molecule has 4 aliphatic rings. The van der Waals surface area contributed by atoms with E-state index in [2.05, 4.69) is 25.1 Å².